The van der Waals surface area contributed by atoms with Crippen LogP contribution < -0.4 is 15.0 Å². The largest absolute Gasteiger partial charge is 0.573 e. The van der Waals surface area contributed by atoms with E-state index >= 15 is 4.39 Å². The zero-order valence-electron chi connectivity index (χ0n) is 26.1. The Morgan fingerprint density at radius 3 is 2.67 bits per heavy atom. The van der Waals surface area contributed by atoms with Crippen LogP contribution in [0.3, 0.4) is 0 Å². The number of piperidine rings is 1. The molecule has 0 radical (unpaired) electrons. The van der Waals surface area contributed by atoms with E-state index in [4.69, 9.17) is 13.8 Å². The van der Waals surface area contributed by atoms with Crippen molar-refractivity contribution in [1.29, 1.82) is 0 Å². The third-order valence-corrected chi connectivity index (χ3v) is 11.0. The molecule has 2 N–H and O–H groups in total. The number of nitrogens with one attached hydrogen (secondary N) is 1. The Morgan fingerprint density at radius 1 is 1.18 bits per heavy atom. The summed E-state index contributed by atoms with van der Waals surface area (Å²) in [5.41, 5.74) is 1.17. The Labute approximate surface area is 282 Å². The third-order valence-electron chi connectivity index (χ3n) is 9.25. The van der Waals surface area contributed by atoms with Crippen molar-refractivity contribution >= 4 is 42.7 Å². The number of carbonyl (C=O) groups is 1. The molecule has 3 unspecified atom stereocenters. The van der Waals surface area contributed by atoms with Crippen LogP contribution in [0.15, 0.2) is 40.9 Å². The predicted octanol–water partition coefficient (Wildman–Crippen LogP) is 6.45. The summed E-state index contributed by atoms with van der Waals surface area (Å²) in [5, 5.41) is 7.16. The lowest BCUT2D eigenvalue weighted by atomic mass is 9.97. The number of rotatable bonds is 11. The number of anilines is 1. The SMILES string of the molecule is C[C@@H]1CC2CC(OCc3c(-c4ccccc4OC(F)(F)F)noc3C3CC3)CC1N2c1nc2c(F)cc(C(=O)NCCS(=O)(=O)O)cc2s1. The van der Waals surface area contributed by atoms with Crippen LogP contribution in [0.1, 0.15) is 66.6 Å². The Hall–Kier alpha value is -3.80. The first-order chi connectivity index (χ1) is 23.2. The molecule has 2 aliphatic heterocycles. The van der Waals surface area contributed by atoms with E-state index in [9.17, 15) is 26.4 Å². The number of aromatic nitrogens is 2. The molecule has 2 aromatic heterocycles. The van der Waals surface area contributed by atoms with E-state index < -0.39 is 34.0 Å². The molecule has 0 spiro atoms. The van der Waals surface area contributed by atoms with Gasteiger partial charge in [0, 0.05) is 41.2 Å². The maximum atomic E-state index is 15.2. The summed E-state index contributed by atoms with van der Waals surface area (Å²) < 4.78 is 102. The molecule has 2 bridgehead atoms. The topological polar surface area (TPSA) is 144 Å². The van der Waals surface area contributed by atoms with Gasteiger partial charge in [0.25, 0.3) is 16.0 Å². The normalized spacial score (nSPS) is 22.5. The van der Waals surface area contributed by atoms with Crippen LogP contribution in [0.5, 0.6) is 5.75 Å². The van der Waals surface area contributed by atoms with Gasteiger partial charge in [-0.25, -0.2) is 9.37 Å². The van der Waals surface area contributed by atoms with Crippen LogP contribution in [-0.4, -0.2) is 65.9 Å². The summed E-state index contributed by atoms with van der Waals surface area (Å²) in [6.45, 7) is 1.92. The lowest BCUT2D eigenvalue weighted by Gasteiger charge is -2.39. The Bertz CT molecular complexity index is 2000. The quantitative estimate of drug-likeness (QED) is 0.131. The van der Waals surface area contributed by atoms with E-state index in [2.05, 4.69) is 32.0 Å². The lowest BCUT2D eigenvalue weighted by molar-refractivity contribution is -0.274. The molecule has 11 nitrogen and oxygen atoms in total. The highest BCUT2D eigenvalue weighted by Gasteiger charge is 2.47. The number of nitrogens with zero attached hydrogens (tertiary/aromatic N) is 3. The maximum Gasteiger partial charge on any atom is 0.573 e. The van der Waals surface area contributed by atoms with Gasteiger partial charge in [0.1, 0.15) is 22.7 Å². The molecule has 4 aromatic rings. The Balaban J connectivity index is 1.08. The average molecular weight is 725 g/mol. The fourth-order valence-electron chi connectivity index (χ4n) is 6.93. The minimum absolute atomic E-state index is 0.00486. The van der Waals surface area contributed by atoms with Crippen molar-refractivity contribution in [1.82, 2.24) is 15.5 Å². The second kappa shape index (κ2) is 12.8. The number of thiazole rings is 1. The van der Waals surface area contributed by atoms with E-state index in [1.807, 2.05) is 0 Å². The fourth-order valence-corrected chi connectivity index (χ4v) is 8.44. The van der Waals surface area contributed by atoms with Crippen molar-refractivity contribution in [3.8, 4) is 17.0 Å². The van der Waals surface area contributed by atoms with Crippen LogP contribution in [0.2, 0.25) is 0 Å². The molecule has 3 fully saturated rings. The summed E-state index contributed by atoms with van der Waals surface area (Å²) in [7, 11) is -4.26. The molecule has 262 valence electrons. The number of hydrogen-bond acceptors (Lipinski definition) is 10. The standard InChI is InChI=1S/C32H32F4N4O7S2/c1-16-10-19-13-20(45-15-22-27(39-47-29(22)17-6-7-17)21-4-2-3-5-25(21)46-32(34,35)36)14-24(16)40(19)31-38-28-23(33)11-18(12-26(28)48-31)30(41)37-8-9-49(42,43)44/h2-5,11-12,16-17,19-20,24H,6-10,13-15H2,1H3,(H,37,41)(H,42,43,44)/t16-,19?,20?,24?/m1/s1. The first-order valence-electron chi connectivity index (χ1n) is 15.8. The molecule has 49 heavy (non-hydrogen) atoms. The van der Waals surface area contributed by atoms with Crippen molar-refractivity contribution < 1.29 is 49.3 Å². The first-order valence-corrected chi connectivity index (χ1v) is 18.2. The van der Waals surface area contributed by atoms with Crippen molar-refractivity contribution in [2.45, 2.75) is 76.1 Å². The van der Waals surface area contributed by atoms with Crippen LogP contribution in [0.4, 0.5) is 22.7 Å². The van der Waals surface area contributed by atoms with Crippen molar-refractivity contribution in [2.75, 3.05) is 17.2 Å². The van der Waals surface area contributed by atoms with Gasteiger partial charge in [0.05, 0.1) is 23.2 Å². The highest BCUT2D eigenvalue weighted by molar-refractivity contribution is 7.85. The van der Waals surface area contributed by atoms with Gasteiger partial charge in [-0.3, -0.25) is 9.35 Å². The number of fused-ring (bicyclic) bond motifs is 3. The molecule has 2 aromatic carbocycles. The number of amides is 1. The molecule has 4 heterocycles. The highest BCUT2D eigenvalue weighted by Crippen LogP contribution is 2.48. The number of benzene rings is 2. The van der Waals surface area contributed by atoms with Gasteiger partial charge in [-0.15, -0.1) is 13.2 Å². The maximum absolute atomic E-state index is 15.2. The average Bonchev–Trinajstić information content (AvgIpc) is 3.56. The summed E-state index contributed by atoms with van der Waals surface area (Å²) in [6.07, 6.45) is -1.11. The highest BCUT2D eigenvalue weighted by atomic mass is 32.2. The molecular weight excluding hydrogens is 692 g/mol. The monoisotopic (exact) mass is 724 g/mol. The summed E-state index contributed by atoms with van der Waals surface area (Å²) in [6, 6.07) is 8.45. The number of halogens is 4. The molecule has 4 atom stereocenters. The number of ether oxygens (including phenoxy) is 2. The smallest absolute Gasteiger partial charge is 0.405 e. The summed E-state index contributed by atoms with van der Waals surface area (Å²) in [4.78, 5) is 19.4. The molecule has 2 saturated heterocycles. The van der Waals surface area contributed by atoms with E-state index in [0.29, 0.717) is 34.0 Å². The summed E-state index contributed by atoms with van der Waals surface area (Å²) >= 11 is 1.26. The van der Waals surface area contributed by atoms with Gasteiger partial charge < -0.3 is 24.2 Å². The van der Waals surface area contributed by atoms with E-state index in [1.54, 1.807) is 6.07 Å². The molecule has 1 aliphatic carbocycles. The second-order valence-corrected chi connectivity index (χ2v) is 15.4. The van der Waals surface area contributed by atoms with Crippen molar-refractivity contribution in [2.24, 2.45) is 5.92 Å². The van der Waals surface area contributed by atoms with Crippen LogP contribution in [0, 0.1) is 11.7 Å². The van der Waals surface area contributed by atoms with E-state index in [0.717, 1.165) is 25.3 Å². The molecular formula is C32H32F4N4O7S2. The molecule has 7 rings (SSSR count). The van der Waals surface area contributed by atoms with Crippen LogP contribution in [0.25, 0.3) is 21.5 Å². The fraction of sp³-hybridized carbons (Fsp3) is 0.469. The molecule has 1 amide bonds. The molecule has 3 aliphatic rings. The number of para-hydroxylation sites is 1. The number of alkyl halides is 3. The zero-order chi connectivity index (χ0) is 34.7. The van der Waals surface area contributed by atoms with Gasteiger partial charge in [0.15, 0.2) is 10.9 Å². The van der Waals surface area contributed by atoms with E-state index in [-0.39, 0.29) is 71.3 Å². The van der Waals surface area contributed by atoms with Gasteiger partial charge in [-0.05, 0) is 62.3 Å². The lowest BCUT2D eigenvalue weighted by Crippen LogP contribution is -2.46. The predicted molar refractivity (Wildman–Crippen MR) is 171 cm³/mol. The molecule has 17 heteroatoms. The van der Waals surface area contributed by atoms with Gasteiger partial charge in [-0.2, -0.15) is 8.42 Å². The number of carbonyl (C=O) groups excluding carboxylic acids is 1. The first kappa shape index (κ1) is 33.7. The Kier molecular flexibility index (Phi) is 8.82. The van der Waals surface area contributed by atoms with Gasteiger partial charge in [0.2, 0.25) is 0 Å². The second-order valence-electron chi connectivity index (χ2n) is 12.8. The van der Waals surface area contributed by atoms with Gasteiger partial charge >= 0.3 is 6.36 Å². The minimum atomic E-state index is -4.88. The van der Waals surface area contributed by atoms with Crippen LogP contribution in [-0.2, 0) is 21.5 Å². The van der Waals surface area contributed by atoms with Crippen molar-refractivity contribution in [3.05, 3.63) is 59.1 Å². The zero-order valence-corrected chi connectivity index (χ0v) is 27.7. The third kappa shape index (κ3) is 7.25. The van der Waals surface area contributed by atoms with Gasteiger partial charge in [-0.1, -0.05) is 35.5 Å². The minimum Gasteiger partial charge on any atom is -0.405 e. The van der Waals surface area contributed by atoms with Crippen LogP contribution >= 0.6 is 11.3 Å². The Morgan fingerprint density at radius 2 is 1.96 bits per heavy atom. The summed E-state index contributed by atoms with van der Waals surface area (Å²) in [5.74, 6) is -1.37. The number of hydrogen-bond donors (Lipinski definition) is 2. The van der Waals surface area contributed by atoms with Crippen molar-refractivity contribution in [3.63, 3.8) is 0 Å². The van der Waals surface area contributed by atoms with E-state index in [1.165, 1.54) is 35.6 Å². The molecule has 1 saturated carbocycles.